The quantitative estimate of drug-likeness (QED) is 0.0460. The van der Waals surface area contributed by atoms with Gasteiger partial charge in [-0.05, 0) is 79.6 Å². The average Bonchev–Trinajstić information content (AvgIpc) is 3.12. The minimum Gasteiger partial charge on any atom is -0.423 e. The van der Waals surface area contributed by atoms with Crippen LogP contribution in [0.5, 0.6) is 11.5 Å². The topological polar surface area (TPSA) is 102 Å². The van der Waals surface area contributed by atoms with Crippen molar-refractivity contribution in [2.75, 3.05) is 26.4 Å². The summed E-state index contributed by atoms with van der Waals surface area (Å²) in [5, 5.41) is 18.7. The predicted octanol–water partition coefficient (Wildman–Crippen LogP) is 8.82. The normalized spacial score (nSPS) is 11.1. The highest BCUT2D eigenvalue weighted by molar-refractivity contribution is 5.92. The minimum atomic E-state index is -0.755. The van der Waals surface area contributed by atoms with Crippen LogP contribution in [0.2, 0.25) is 0 Å². The van der Waals surface area contributed by atoms with Gasteiger partial charge in [-0.25, -0.2) is 18.4 Å². The Balaban J connectivity index is 1.69. The lowest BCUT2D eigenvalue weighted by Gasteiger charge is -2.18. The maximum absolute atomic E-state index is 16.1. The highest BCUT2D eigenvalue weighted by atomic mass is 19.1. The van der Waals surface area contributed by atoms with Gasteiger partial charge in [0, 0.05) is 39.3 Å². The van der Waals surface area contributed by atoms with Crippen LogP contribution in [-0.2, 0) is 27.2 Å². The van der Waals surface area contributed by atoms with Crippen molar-refractivity contribution in [2.45, 2.75) is 52.9 Å². The molecule has 0 amide bonds. The number of aliphatic hydroxyl groups excluding tert-OH is 2. The van der Waals surface area contributed by atoms with Crippen LogP contribution in [0.25, 0.3) is 33.4 Å². The van der Waals surface area contributed by atoms with Crippen molar-refractivity contribution in [2.24, 2.45) is 5.92 Å². The molecule has 0 aliphatic heterocycles. The summed E-state index contributed by atoms with van der Waals surface area (Å²) in [6, 6.07) is 20.0. The van der Waals surface area contributed by atoms with E-state index in [0.29, 0.717) is 16.7 Å². The molecular formula is C43H46F2O7. The van der Waals surface area contributed by atoms with Crippen LogP contribution in [0.3, 0.4) is 0 Å². The molecule has 0 aromatic heterocycles. The van der Waals surface area contributed by atoms with Gasteiger partial charge in [-0.3, -0.25) is 0 Å². The number of hydrogen-bond acceptors (Lipinski definition) is 7. The van der Waals surface area contributed by atoms with Crippen LogP contribution in [-0.4, -0.2) is 48.6 Å². The monoisotopic (exact) mass is 712 g/mol. The summed E-state index contributed by atoms with van der Waals surface area (Å²) in [6.07, 6.45) is 4.62. The number of aliphatic hydroxyl groups is 2. The Morgan fingerprint density at radius 3 is 1.87 bits per heavy atom. The lowest BCUT2D eigenvalue weighted by Crippen LogP contribution is -2.19. The Bertz CT molecular complexity index is 1890. The maximum Gasteiger partial charge on any atom is 0.338 e. The predicted molar refractivity (Wildman–Crippen MR) is 199 cm³/mol. The Labute approximate surface area is 304 Å². The molecule has 9 heteroatoms. The van der Waals surface area contributed by atoms with Crippen LogP contribution in [0.1, 0.15) is 51.2 Å². The minimum absolute atomic E-state index is 0.00785. The number of carbonyl (C=O) groups is 2. The van der Waals surface area contributed by atoms with Crippen molar-refractivity contribution in [3.05, 3.63) is 120 Å². The number of hydrogen-bond donors (Lipinski definition) is 2. The van der Waals surface area contributed by atoms with Crippen molar-refractivity contribution in [1.82, 2.24) is 0 Å². The summed E-state index contributed by atoms with van der Waals surface area (Å²) in [4.78, 5) is 25.3. The third kappa shape index (κ3) is 10.5. The number of rotatable bonds is 18. The molecule has 0 aliphatic carbocycles. The molecule has 52 heavy (non-hydrogen) atoms. The van der Waals surface area contributed by atoms with Crippen molar-refractivity contribution in [1.29, 1.82) is 0 Å². The summed E-state index contributed by atoms with van der Waals surface area (Å²) in [6.45, 7) is 12.0. The van der Waals surface area contributed by atoms with E-state index in [1.807, 2.05) is 12.1 Å². The molecule has 0 fully saturated rings. The summed E-state index contributed by atoms with van der Waals surface area (Å²) in [5.74, 6) is -3.17. The van der Waals surface area contributed by atoms with E-state index in [2.05, 4.69) is 32.2 Å². The second-order valence-electron chi connectivity index (χ2n) is 12.9. The number of esters is 2. The van der Waals surface area contributed by atoms with Crippen molar-refractivity contribution in [3.8, 4) is 44.9 Å². The van der Waals surface area contributed by atoms with Gasteiger partial charge in [0.2, 0.25) is 0 Å². The van der Waals surface area contributed by atoms with Gasteiger partial charge >= 0.3 is 11.9 Å². The first kappa shape index (κ1) is 39.8. The number of carbonyl (C=O) groups excluding carboxylic acids is 2. The Morgan fingerprint density at radius 1 is 0.692 bits per heavy atom. The molecule has 0 bridgehead atoms. The van der Waals surface area contributed by atoms with Crippen LogP contribution in [0, 0.1) is 17.6 Å². The van der Waals surface area contributed by atoms with Gasteiger partial charge in [0.15, 0.2) is 0 Å². The highest BCUT2D eigenvalue weighted by Crippen LogP contribution is 2.40. The van der Waals surface area contributed by atoms with Gasteiger partial charge in [0.1, 0.15) is 23.1 Å². The molecule has 0 spiro atoms. The van der Waals surface area contributed by atoms with Gasteiger partial charge in [-0.1, -0.05) is 81.5 Å². The van der Waals surface area contributed by atoms with Gasteiger partial charge in [0.05, 0.1) is 26.4 Å². The highest BCUT2D eigenvalue weighted by Gasteiger charge is 2.22. The van der Waals surface area contributed by atoms with E-state index in [9.17, 15) is 19.8 Å². The third-order valence-corrected chi connectivity index (χ3v) is 8.55. The number of halogens is 2. The molecule has 4 aromatic rings. The largest absolute Gasteiger partial charge is 0.423 e. The summed E-state index contributed by atoms with van der Waals surface area (Å²) < 4.78 is 48.5. The number of ether oxygens (including phenoxy) is 3. The van der Waals surface area contributed by atoms with E-state index >= 15 is 8.78 Å². The van der Waals surface area contributed by atoms with Crippen LogP contribution >= 0.6 is 0 Å². The summed E-state index contributed by atoms with van der Waals surface area (Å²) in [7, 11) is 0. The van der Waals surface area contributed by atoms with Gasteiger partial charge < -0.3 is 24.4 Å². The van der Waals surface area contributed by atoms with Crippen molar-refractivity contribution < 1.29 is 42.8 Å². The molecule has 0 heterocycles. The molecule has 4 aromatic carbocycles. The van der Waals surface area contributed by atoms with Crippen LogP contribution < -0.4 is 9.47 Å². The molecule has 0 unspecified atom stereocenters. The van der Waals surface area contributed by atoms with Crippen LogP contribution in [0.4, 0.5) is 8.78 Å². The SMILES string of the molecule is C=C(C)C(=O)Oc1cc(-c2ccc(-c3ccc(-c4ccc(CCCCC)cc4)cc3F)cc2F)c(OC(=O)C(=C)C)cc1CCOCC(CO)CO. The van der Waals surface area contributed by atoms with Crippen molar-refractivity contribution >= 4 is 11.9 Å². The smallest absolute Gasteiger partial charge is 0.338 e. The Hall–Kier alpha value is -4.96. The first-order valence-electron chi connectivity index (χ1n) is 17.4. The zero-order valence-corrected chi connectivity index (χ0v) is 30.0. The molecule has 0 saturated heterocycles. The van der Waals surface area contributed by atoms with Gasteiger partial charge in [0.25, 0.3) is 0 Å². The Morgan fingerprint density at radius 2 is 1.27 bits per heavy atom. The summed E-state index contributed by atoms with van der Waals surface area (Å²) in [5.41, 5.74) is 4.04. The van der Waals surface area contributed by atoms with E-state index in [0.717, 1.165) is 24.8 Å². The molecule has 0 saturated carbocycles. The number of benzene rings is 4. The van der Waals surface area contributed by atoms with E-state index in [4.69, 9.17) is 14.2 Å². The Kier molecular flexibility index (Phi) is 14.6. The first-order chi connectivity index (χ1) is 24.9. The molecule has 0 aliphatic rings. The second kappa shape index (κ2) is 19.0. The molecule has 4 rings (SSSR count). The first-order valence-corrected chi connectivity index (χ1v) is 17.4. The van der Waals surface area contributed by atoms with Crippen LogP contribution in [0.15, 0.2) is 97.1 Å². The number of aryl methyl sites for hydroxylation is 1. The molecule has 2 N–H and O–H groups in total. The number of unbranched alkanes of at least 4 members (excludes halogenated alkanes) is 2. The molecule has 0 atom stereocenters. The molecule has 7 nitrogen and oxygen atoms in total. The second-order valence-corrected chi connectivity index (χ2v) is 12.9. The van der Waals surface area contributed by atoms with Crippen molar-refractivity contribution in [3.63, 3.8) is 0 Å². The average molecular weight is 713 g/mol. The molecular weight excluding hydrogens is 666 g/mol. The third-order valence-electron chi connectivity index (χ3n) is 8.55. The van der Waals surface area contributed by atoms with E-state index in [-0.39, 0.29) is 72.2 Å². The summed E-state index contributed by atoms with van der Waals surface area (Å²) >= 11 is 0. The maximum atomic E-state index is 16.1. The standard InChI is InChI=1S/C43H46F2O7/c1-6-7-8-9-29-10-12-31(13-11-29)32-14-16-35(38(44)20-32)33-15-17-36(39(45)21-33)37-23-40(51-42(48)27(2)3)34(18-19-50-26-30(24-46)25-47)22-41(37)52-43(49)28(4)5/h10-17,20-23,30,46-47H,2,4,6-9,18-19,24-26H2,1,3,5H3. The van der Waals surface area contributed by atoms with E-state index in [1.54, 1.807) is 18.2 Å². The van der Waals surface area contributed by atoms with Gasteiger partial charge in [-0.2, -0.15) is 0 Å². The lowest BCUT2D eigenvalue weighted by molar-refractivity contribution is -0.131. The fourth-order valence-electron chi connectivity index (χ4n) is 5.43. The van der Waals surface area contributed by atoms with E-state index in [1.165, 1.54) is 56.2 Å². The van der Waals surface area contributed by atoms with Gasteiger partial charge in [-0.15, -0.1) is 0 Å². The molecule has 274 valence electrons. The zero-order chi connectivity index (χ0) is 37.8. The fraction of sp³-hybridized carbons (Fsp3) is 0.302. The molecule has 0 radical (unpaired) electrons. The fourth-order valence-corrected chi connectivity index (χ4v) is 5.43. The van der Waals surface area contributed by atoms with E-state index < -0.39 is 29.5 Å². The lowest BCUT2D eigenvalue weighted by atomic mass is 9.95. The zero-order valence-electron chi connectivity index (χ0n) is 30.0.